The van der Waals surface area contributed by atoms with Crippen LogP contribution in [-0.2, 0) is 14.9 Å². The van der Waals surface area contributed by atoms with Gasteiger partial charge in [0, 0.05) is 16.4 Å². The minimum absolute atomic E-state index is 0.0842. The SMILES string of the molecule is O=C(OC(CS(=O)(=O)O)C(F)(F)F)c1ccc(NC(=O)c2cc(I)cc(I)c2I)cc1F. The van der Waals surface area contributed by atoms with E-state index in [1.54, 1.807) is 6.07 Å². The third kappa shape index (κ3) is 7.62. The highest BCUT2D eigenvalue weighted by Crippen LogP contribution is 2.27. The van der Waals surface area contributed by atoms with Crippen LogP contribution in [0.5, 0.6) is 0 Å². The molecule has 7 nitrogen and oxygen atoms in total. The summed E-state index contributed by atoms with van der Waals surface area (Å²) in [6.07, 6.45) is -8.52. The van der Waals surface area contributed by atoms with Gasteiger partial charge in [0.1, 0.15) is 11.6 Å². The number of rotatable bonds is 6. The van der Waals surface area contributed by atoms with Crippen molar-refractivity contribution in [1.82, 2.24) is 0 Å². The Morgan fingerprint density at radius 2 is 1.72 bits per heavy atom. The summed E-state index contributed by atoms with van der Waals surface area (Å²) >= 11 is 6.03. The van der Waals surface area contributed by atoms with Crippen molar-refractivity contribution in [2.75, 3.05) is 11.1 Å². The van der Waals surface area contributed by atoms with E-state index in [-0.39, 0.29) is 5.69 Å². The van der Waals surface area contributed by atoms with Crippen LogP contribution >= 0.6 is 67.8 Å². The van der Waals surface area contributed by atoms with Crippen molar-refractivity contribution >= 4 is 95.5 Å². The van der Waals surface area contributed by atoms with Crippen LogP contribution in [0.4, 0.5) is 23.2 Å². The third-order valence-corrected chi connectivity index (χ3v) is 8.05. The molecule has 0 saturated carbocycles. The minimum Gasteiger partial charge on any atom is -0.448 e. The van der Waals surface area contributed by atoms with Crippen LogP contribution in [0.15, 0.2) is 30.3 Å². The predicted octanol–water partition coefficient (Wildman–Crippen LogP) is 4.87. The summed E-state index contributed by atoms with van der Waals surface area (Å²) in [5.41, 5.74) is -0.700. The standard InChI is InChI=1S/C17H10F4I3NO6S/c18-11-5-8(25-15(26)10-3-7(22)4-12(23)14(10)24)1-2-9(11)16(27)31-13(17(19,20)21)6-32(28,29)30/h1-5,13H,6H2,(H,25,26)(H,28,29,30). The Morgan fingerprint density at radius 3 is 2.25 bits per heavy atom. The molecule has 0 aliphatic carbocycles. The Balaban J connectivity index is 2.22. The minimum atomic E-state index is -5.32. The summed E-state index contributed by atoms with van der Waals surface area (Å²) in [4.78, 5) is 24.5. The van der Waals surface area contributed by atoms with Crippen molar-refractivity contribution in [3.8, 4) is 0 Å². The van der Waals surface area contributed by atoms with Gasteiger partial charge in [-0.3, -0.25) is 9.35 Å². The fourth-order valence-electron chi connectivity index (χ4n) is 2.26. The molecule has 0 radical (unpaired) electrons. The van der Waals surface area contributed by atoms with Crippen molar-refractivity contribution in [2.45, 2.75) is 12.3 Å². The predicted molar refractivity (Wildman–Crippen MR) is 131 cm³/mol. The molecule has 0 fully saturated rings. The Labute approximate surface area is 219 Å². The number of nitrogens with one attached hydrogen (secondary N) is 1. The zero-order chi connectivity index (χ0) is 24.4. The van der Waals surface area contributed by atoms with E-state index in [1.807, 2.05) is 73.8 Å². The number of anilines is 1. The van der Waals surface area contributed by atoms with E-state index in [0.717, 1.165) is 19.3 Å². The normalized spacial score (nSPS) is 12.9. The molecule has 2 N–H and O–H groups in total. The monoisotopic (exact) mass is 813 g/mol. The Kier molecular flexibility index (Phi) is 9.12. The van der Waals surface area contributed by atoms with Crippen molar-refractivity contribution < 1.29 is 44.9 Å². The number of benzene rings is 2. The number of esters is 1. The van der Waals surface area contributed by atoms with Gasteiger partial charge in [0.15, 0.2) is 0 Å². The summed E-state index contributed by atoms with van der Waals surface area (Å²) in [5.74, 6) is -5.63. The first-order chi connectivity index (χ1) is 14.6. The fourth-order valence-corrected chi connectivity index (χ4v) is 5.30. The largest absolute Gasteiger partial charge is 0.448 e. The van der Waals surface area contributed by atoms with E-state index in [0.29, 0.717) is 15.2 Å². The maximum Gasteiger partial charge on any atom is 0.426 e. The lowest BCUT2D eigenvalue weighted by Gasteiger charge is -2.19. The number of halogens is 7. The van der Waals surface area contributed by atoms with Crippen LogP contribution in [-0.4, -0.2) is 42.9 Å². The molecule has 0 heterocycles. The molecule has 0 bridgehead atoms. The van der Waals surface area contributed by atoms with Gasteiger partial charge >= 0.3 is 12.1 Å². The van der Waals surface area contributed by atoms with E-state index < -0.39 is 51.4 Å². The van der Waals surface area contributed by atoms with Gasteiger partial charge in [-0.15, -0.1) is 0 Å². The molecular formula is C17H10F4I3NO6S. The molecular weight excluding hydrogens is 803 g/mol. The zero-order valence-electron chi connectivity index (χ0n) is 15.2. The first-order valence-corrected chi connectivity index (χ1v) is 12.9. The lowest BCUT2D eigenvalue weighted by atomic mass is 10.1. The van der Waals surface area contributed by atoms with Gasteiger partial charge in [0.2, 0.25) is 6.10 Å². The van der Waals surface area contributed by atoms with Crippen LogP contribution in [0.25, 0.3) is 0 Å². The van der Waals surface area contributed by atoms with Crippen LogP contribution in [0.1, 0.15) is 20.7 Å². The Hall–Kier alpha value is -0.800. The lowest BCUT2D eigenvalue weighted by molar-refractivity contribution is -0.197. The average molecular weight is 813 g/mol. The number of alkyl halides is 3. The fraction of sp³-hybridized carbons (Fsp3) is 0.176. The number of carbonyl (C=O) groups is 2. The number of amides is 1. The highest BCUT2D eigenvalue weighted by atomic mass is 127. The smallest absolute Gasteiger partial charge is 0.426 e. The number of ether oxygens (including phenoxy) is 1. The molecule has 0 spiro atoms. The van der Waals surface area contributed by atoms with E-state index in [4.69, 9.17) is 4.55 Å². The molecule has 15 heteroatoms. The second-order valence-electron chi connectivity index (χ2n) is 6.08. The summed E-state index contributed by atoms with van der Waals surface area (Å²) in [7, 11) is -5.14. The molecule has 1 amide bonds. The quantitative estimate of drug-likeness (QED) is 0.142. The van der Waals surface area contributed by atoms with Crippen molar-refractivity contribution in [3.63, 3.8) is 0 Å². The third-order valence-electron chi connectivity index (χ3n) is 3.66. The summed E-state index contributed by atoms with van der Waals surface area (Å²) in [6, 6.07) is 5.99. The Bertz CT molecular complexity index is 1170. The van der Waals surface area contributed by atoms with Gasteiger partial charge in [-0.1, -0.05) is 0 Å². The molecule has 174 valence electrons. The molecule has 0 aliphatic heterocycles. The van der Waals surface area contributed by atoms with E-state index in [1.165, 1.54) is 0 Å². The van der Waals surface area contributed by atoms with E-state index >= 15 is 0 Å². The van der Waals surface area contributed by atoms with E-state index in [2.05, 4.69) is 10.1 Å². The molecule has 2 aromatic carbocycles. The first-order valence-electron chi connectivity index (χ1n) is 8.07. The molecule has 2 aromatic rings. The lowest BCUT2D eigenvalue weighted by Crippen LogP contribution is -2.39. The molecule has 0 aliphatic rings. The maximum absolute atomic E-state index is 14.3. The molecule has 1 unspecified atom stereocenters. The second kappa shape index (κ2) is 10.6. The van der Waals surface area contributed by atoms with Crippen LogP contribution in [0.3, 0.4) is 0 Å². The first kappa shape index (κ1) is 27.4. The number of carbonyl (C=O) groups excluding carboxylic acids is 2. The van der Waals surface area contributed by atoms with Gasteiger partial charge < -0.3 is 10.1 Å². The van der Waals surface area contributed by atoms with Gasteiger partial charge in [0.05, 0.1) is 11.1 Å². The highest BCUT2D eigenvalue weighted by molar-refractivity contribution is 14.1. The van der Waals surface area contributed by atoms with Crippen molar-refractivity contribution in [1.29, 1.82) is 0 Å². The number of hydrogen-bond acceptors (Lipinski definition) is 5. The summed E-state index contributed by atoms with van der Waals surface area (Å²) in [6.45, 7) is 0. The molecule has 0 aromatic heterocycles. The number of hydrogen-bond donors (Lipinski definition) is 2. The van der Waals surface area contributed by atoms with Gasteiger partial charge in [0.25, 0.3) is 16.0 Å². The summed E-state index contributed by atoms with van der Waals surface area (Å²) in [5, 5.41) is 2.42. The molecule has 0 saturated heterocycles. The second-order valence-corrected chi connectivity index (χ2v) is 11.1. The molecule has 32 heavy (non-hydrogen) atoms. The van der Waals surface area contributed by atoms with Crippen molar-refractivity contribution in [2.24, 2.45) is 0 Å². The average Bonchev–Trinajstić information content (AvgIpc) is 2.62. The Morgan fingerprint density at radius 1 is 1.09 bits per heavy atom. The molecule has 2 rings (SSSR count). The van der Waals surface area contributed by atoms with Crippen LogP contribution in [0.2, 0.25) is 0 Å². The van der Waals surface area contributed by atoms with Gasteiger partial charge in [-0.2, -0.15) is 21.6 Å². The van der Waals surface area contributed by atoms with Gasteiger partial charge in [-0.25, -0.2) is 9.18 Å². The highest BCUT2D eigenvalue weighted by Gasteiger charge is 2.45. The van der Waals surface area contributed by atoms with Crippen molar-refractivity contribution in [3.05, 3.63) is 58.0 Å². The maximum atomic E-state index is 14.3. The summed E-state index contributed by atoms with van der Waals surface area (Å²) < 4.78 is 89.4. The van der Waals surface area contributed by atoms with Crippen LogP contribution in [0, 0.1) is 16.5 Å². The van der Waals surface area contributed by atoms with Crippen LogP contribution < -0.4 is 5.32 Å². The van der Waals surface area contributed by atoms with Gasteiger partial charge in [-0.05, 0) is 98.1 Å². The topological polar surface area (TPSA) is 110 Å². The zero-order valence-corrected chi connectivity index (χ0v) is 22.5. The van der Waals surface area contributed by atoms with E-state index in [9.17, 15) is 35.6 Å². The molecule has 1 atom stereocenters.